The molecule has 0 N–H and O–H groups in total. The van der Waals surface area contributed by atoms with Gasteiger partial charge in [0.25, 0.3) is 5.91 Å². The van der Waals surface area contributed by atoms with Gasteiger partial charge in [-0.1, -0.05) is 18.2 Å². The van der Waals surface area contributed by atoms with Crippen molar-refractivity contribution in [3.63, 3.8) is 0 Å². The van der Waals surface area contributed by atoms with Crippen LogP contribution in [0.5, 0.6) is 17.2 Å². The Hall–Kier alpha value is -2.73. The minimum atomic E-state index is -0.341. The summed E-state index contributed by atoms with van der Waals surface area (Å²) in [5.41, 5.74) is 3.33. The molecule has 3 aliphatic heterocycles. The molecule has 6 nitrogen and oxygen atoms in total. The standard InChI is InChI=1S/C22H23NO5/c24-22(20-2-1-8-25-20)23(12-15-3-5-18-17(10-15)7-9-26-18)13-16-4-6-19-21(11-16)28-14-27-19/h3-6,10-11,20H,1-2,7-9,12-14H2/t20-/m1/s1. The molecule has 2 aromatic carbocycles. The summed E-state index contributed by atoms with van der Waals surface area (Å²) in [5.74, 6) is 2.49. The summed E-state index contributed by atoms with van der Waals surface area (Å²) in [4.78, 5) is 15.0. The van der Waals surface area contributed by atoms with E-state index in [1.807, 2.05) is 35.2 Å². The lowest BCUT2D eigenvalue weighted by Gasteiger charge is -2.26. The highest BCUT2D eigenvalue weighted by Gasteiger charge is 2.29. The third kappa shape index (κ3) is 3.40. The molecule has 1 atom stereocenters. The molecule has 6 heteroatoms. The summed E-state index contributed by atoms with van der Waals surface area (Å²) in [6, 6.07) is 12.0. The Morgan fingerprint density at radius 1 is 0.929 bits per heavy atom. The number of amides is 1. The summed E-state index contributed by atoms with van der Waals surface area (Å²) < 4.78 is 22.1. The van der Waals surface area contributed by atoms with E-state index in [4.69, 9.17) is 18.9 Å². The Kier molecular flexibility index (Phi) is 4.56. The van der Waals surface area contributed by atoms with Gasteiger partial charge in [0.1, 0.15) is 11.9 Å². The van der Waals surface area contributed by atoms with E-state index in [2.05, 4.69) is 6.07 Å². The number of fused-ring (bicyclic) bond motifs is 2. The van der Waals surface area contributed by atoms with Gasteiger partial charge in [-0.2, -0.15) is 0 Å². The molecule has 0 aromatic heterocycles. The average molecular weight is 381 g/mol. The van der Waals surface area contributed by atoms with Gasteiger partial charge < -0.3 is 23.8 Å². The van der Waals surface area contributed by atoms with Crippen molar-refractivity contribution >= 4 is 5.91 Å². The molecule has 3 heterocycles. The summed E-state index contributed by atoms with van der Waals surface area (Å²) in [5, 5.41) is 0. The Morgan fingerprint density at radius 3 is 2.54 bits per heavy atom. The third-order valence-corrected chi connectivity index (χ3v) is 5.45. The molecule has 0 spiro atoms. The minimum absolute atomic E-state index is 0.0481. The summed E-state index contributed by atoms with van der Waals surface area (Å²) in [6.07, 6.45) is 2.30. The van der Waals surface area contributed by atoms with E-state index in [1.54, 1.807) is 0 Å². The normalized spacial score (nSPS) is 19.4. The van der Waals surface area contributed by atoms with Crippen LogP contribution in [0.3, 0.4) is 0 Å². The van der Waals surface area contributed by atoms with Crippen LogP contribution in [0.25, 0.3) is 0 Å². The van der Waals surface area contributed by atoms with Crippen LogP contribution in [0.15, 0.2) is 36.4 Å². The fourth-order valence-electron chi connectivity index (χ4n) is 4.01. The van der Waals surface area contributed by atoms with Crippen LogP contribution < -0.4 is 14.2 Å². The zero-order valence-corrected chi connectivity index (χ0v) is 15.7. The summed E-state index contributed by atoms with van der Waals surface area (Å²) >= 11 is 0. The van der Waals surface area contributed by atoms with E-state index in [-0.39, 0.29) is 18.8 Å². The maximum Gasteiger partial charge on any atom is 0.252 e. The van der Waals surface area contributed by atoms with Crippen molar-refractivity contribution in [3.8, 4) is 17.2 Å². The van der Waals surface area contributed by atoms with E-state index >= 15 is 0 Å². The molecule has 28 heavy (non-hydrogen) atoms. The van der Waals surface area contributed by atoms with Gasteiger partial charge in [-0.25, -0.2) is 0 Å². The summed E-state index contributed by atoms with van der Waals surface area (Å²) in [6.45, 7) is 2.68. The number of ether oxygens (including phenoxy) is 4. The number of carbonyl (C=O) groups excluding carboxylic acids is 1. The van der Waals surface area contributed by atoms with E-state index in [0.717, 1.165) is 54.2 Å². The average Bonchev–Trinajstić information content (AvgIpc) is 3.47. The molecule has 0 radical (unpaired) electrons. The molecule has 2 aromatic rings. The van der Waals surface area contributed by atoms with Crippen LogP contribution >= 0.6 is 0 Å². The Balaban J connectivity index is 1.38. The van der Waals surface area contributed by atoms with E-state index in [0.29, 0.717) is 19.7 Å². The number of hydrogen-bond acceptors (Lipinski definition) is 5. The van der Waals surface area contributed by atoms with Crippen molar-refractivity contribution < 1.29 is 23.7 Å². The molecule has 1 saturated heterocycles. The molecule has 1 amide bonds. The number of rotatable bonds is 5. The van der Waals surface area contributed by atoms with Crippen LogP contribution in [0, 0.1) is 0 Å². The first-order valence-corrected chi connectivity index (χ1v) is 9.80. The zero-order valence-electron chi connectivity index (χ0n) is 15.7. The molecular formula is C22H23NO5. The van der Waals surface area contributed by atoms with Gasteiger partial charge in [0.15, 0.2) is 11.5 Å². The van der Waals surface area contributed by atoms with Gasteiger partial charge in [-0.3, -0.25) is 4.79 Å². The lowest BCUT2D eigenvalue weighted by atomic mass is 10.1. The fourth-order valence-corrected chi connectivity index (χ4v) is 4.01. The van der Waals surface area contributed by atoms with Crippen LogP contribution in [0.4, 0.5) is 0 Å². The van der Waals surface area contributed by atoms with Gasteiger partial charge in [0, 0.05) is 26.1 Å². The Morgan fingerprint density at radius 2 is 1.71 bits per heavy atom. The lowest BCUT2D eigenvalue weighted by molar-refractivity contribution is -0.142. The zero-order chi connectivity index (χ0) is 18.9. The number of carbonyl (C=O) groups is 1. The second kappa shape index (κ2) is 7.36. The van der Waals surface area contributed by atoms with Crippen LogP contribution in [-0.4, -0.2) is 36.9 Å². The SMILES string of the molecule is O=C([C@H]1CCCO1)N(Cc1ccc2c(c1)CCO2)Cc1ccc2c(c1)OCO2. The van der Waals surface area contributed by atoms with E-state index in [9.17, 15) is 4.79 Å². The largest absolute Gasteiger partial charge is 0.493 e. The van der Waals surface area contributed by atoms with Crippen molar-refractivity contribution in [1.29, 1.82) is 0 Å². The van der Waals surface area contributed by atoms with E-state index in [1.165, 1.54) is 5.56 Å². The van der Waals surface area contributed by atoms with Crippen LogP contribution in [-0.2, 0) is 29.0 Å². The first-order chi connectivity index (χ1) is 13.8. The van der Waals surface area contributed by atoms with Crippen LogP contribution in [0.1, 0.15) is 29.5 Å². The molecule has 0 bridgehead atoms. The number of hydrogen-bond donors (Lipinski definition) is 0. The Labute approximate surface area is 163 Å². The van der Waals surface area contributed by atoms with Crippen molar-refractivity contribution in [2.75, 3.05) is 20.0 Å². The van der Waals surface area contributed by atoms with Gasteiger partial charge in [0.05, 0.1) is 6.61 Å². The second-order valence-electron chi connectivity index (χ2n) is 7.42. The Bertz CT molecular complexity index is 831. The third-order valence-electron chi connectivity index (χ3n) is 5.45. The second-order valence-corrected chi connectivity index (χ2v) is 7.42. The van der Waals surface area contributed by atoms with Crippen molar-refractivity contribution in [3.05, 3.63) is 53.1 Å². The summed E-state index contributed by atoms with van der Waals surface area (Å²) in [7, 11) is 0. The highest BCUT2D eigenvalue weighted by atomic mass is 16.7. The topological polar surface area (TPSA) is 57.2 Å². The highest BCUT2D eigenvalue weighted by molar-refractivity contribution is 5.81. The molecular weight excluding hydrogens is 358 g/mol. The number of nitrogens with zero attached hydrogens (tertiary/aromatic N) is 1. The van der Waals surface area contributed by atoms with Crippen molar-refractivity contribution in [1.82, 2.24) is 4.90 Å². The van der Waals surface area contributed by atoms with Gasteiger partial charge in [-0.05, 0) is 47.7 Å². The maximum absolute atomic E-state index is 13.1. The maximum atomic E-state index is 13.1. The van der Waals surface area contributed by atoms with Gasteiger partial charge in [-0.15, -0.1) is 0 Å². The first kappa shape index (κ1) is 17.4. The van der Waals surface area contributed by atoms with E-state index < -0.39 is 0 Å². The van der Waals surface area contributed by atoms with Gasteiger partial charge >= 0.3 is 0 Å². The molecule has 1 fully saturated rings. The van der Waals surface area contributed by atoms with Gasteiger partial charge in [0.2, 0.25) is 6.79 Å². The van der Waals surface area contributed by atoms with Crippen molar-refractivity contribution in [2.24, 2.45) is 0 Å². The lowest BCUT2D eigenvalue weighted by Crippen LogP contribution is -2.38. The predicted molar refractivity (Wildman–Crippen MR) is 101 cm³/mol. The van der Waals surface area contributed by atoms with Crippen molar-refractivity contribution in [2.45, 2.75) is 38.5 Å². The molecule has 146 valence electrons. The number of benzene rings is 2. The minimum Gasteiger partial charge on any atom is -0.493 e. The predicted octanol–water partition coefficient (Wildman–Crippen LogP) is 3.06. The van der Waals surface area contributed by atoms with Crippen LogP contribution in [0.2, 0.25) is 0 Å². The quantitative estimate of drug-likeness (QED) is 0.797. The molecule has 0 aliphatic carbocycles. The highest BCUT2D eigenvalue weighted by Crippen LogP contribution is 2.33. The smallest absolute Gasteiger partial charge is 0.252 e. The fraction of sp³-hybridized carbons (Fsp3) is 0.409. The molecule has 0 saturated carbocycles. The molecule has 0 unspecified atom stereocenters. The molecule has 3 aliphatic rings. The monoisotopic (exact) mass is 381 g/mol. The first-order valence-electron chi connectivity index (χ1n) is 9.80. The molecule has 5 rings (SSSR count).